The van der Waals surface area contributed by atoms with E-state index in [0.717, 1.165) is 5.56 Å². The van der Waals surface area contributed by atoms with E-state index in [1.807, 2.05) is 12.1 Å². The van der Waals surface area contributed by atoms with Crippen molar-refractivity contribution in [3.05, 3.63) is 59.7 Å². The van der Waals surface area contributed by atoms with Crippen molar-refractivity contribution in [2.24, 2.45) is 0 Å². The molecule has 0 N–H and O–H groups in total. The van der Waals surface area contributed by atoms with Gasteiger partial charge in [-0.1, -0.05) is 24.3 Å². The smallest absolute Gasteiger partial charge is 0.257 e. The molecule has 8 nitrogen and oxygen atoms in total. The minimum atomic E-state index is -3.54. The number of nitrogens with zero attached hydrogens (tertiary/aromatic N) is 2. The lowest BCUT2D eigenvalue weighted by molar-refractivity contribution is 0.0445. The summed E-state index contributed by atoms with van der Waals surface area (Å²) in [4.78, 5) is 14.8. The molecule has 2 aliphatic rings. The zero-order chi connectivity index (χ0) is 22.0. The van der Waals surface area contributed by atoms with Gasteiger partial charge in [-0.3, -0.25) is 4.79 Å². The topological polar surface area (TPSA) is 85.4 Å². The number of ether oxygens (including phenoxy) is 3. The van der Waals surface area contributed by atoms with E-state index in [0.29, 0.717) is 23.6 Å². The van der Waals surface area contributed by atoms with Gasteiger partial charge in [0.2, 0.25) is 10.0 Å². The molecule has 2 saturated heterocycles. The van der Waals surface area contributed by atoms with Gasteiger partial charge in [-0.15, -0.1) is 0 Å². The lowest BCUT2D eigenvalue weighted by atomic mass is 10.1. The van der Waals surface area contributed by atoms with Crippen LogP contribution >= 0.6 is 0 Å². The Kier molecular flexibility index (Phi) is 6.17. The number of methoxy groups -OCH3 is 2. The number of hydrogen-bond donors (Lipinski definition) is 0. The molecule has 1 amide bonds. The molecule has 0 saturated carbocycles. The minimum Gasteiger partial charge on any atom is -0.497 e. The minimum absolute atomic E-state index is 0.0728. The van der Waals surface area contributed by atoms with Crippen LogP contribution in [0.5, 0.6) is 11.5 Å². The zero-order valence-electron chi connectivity index (χ0n) is 17.6. The Morgan fingerprint density at radius 2 is 1.81 bits per heavy atom. The Bertz CT molecular complexity index is 1040. The predicted octanol–water partition coefficient (Wildman–Crippen LogP) is 1.76. The fourth-order valence-electron chi connectivity index (χ4n) is 4.11. The van der Waals surface area contributed by atoms with Crippen LogP contribution in [0.3, 0.4) is 0 Å². The number of carbonyl (C=O) groups excluding carboxylic acids is 1. The monoisotopic (exact) mass is 446 g/mol. The molecule has 0 aliphatic carbocycles. The van der Waals surface area contributed by atoms with E-state index in [-0.39, 0.29) is 37.5 Å². The van der Waals surface area contributed by atoms with Gasteiger partial charge < -0.3 is 19.1 Å². The first-order chi connectivity index (χ1) is 14.9. The zero-order valence-corrected chi connectivity index (χ0v) is 18.4. The second-order valence-electron chi connectivity index (χ2n) is 7.60. The van der Waals surface area contributed by atoms with Crippen LogP contribution in [-0.2, 0) is 21.3 Å². The van der Waals surface area contributed by atoms with Gasteiger partial charge in [-0.05, 0) is 29.8 Å². The highest BCUT2D eigenvalue weighted by Crippen LogP contribution is 2.29. The second-order valence-corrected chi connectivity index (χ2v) is 9.64. The lowest BCUT2D eigenvalue weighted by Crippen LogP contribution is -2.45. The summed E-state index contributed by atoms with van der Waals surface area (Å²) in [6.45, 7) is 0.917. The summed E-state index contributed by atoms with van der Waals surface area (Å²) in [5, 5.41) is 0. The van der Waals surface area contributed by atoms with Gasteiger partial charge in [-0.2, -0.15) is 4.31 Å². The summed E-state index contributed by atoms with van der Waals surface area (Å²) >= 11 is 0. The largest absolute Gasteiger partial charge is 0.497 e. The Labute approximate surface area is 182 Å². The number of fused-ring (bicyclic) bond motifs is 1. The quantitative estimate of drug-likeness (QED) is 0.696. The second kappa shape index (κ2) is 8.86. The Hall–Kier alpha value is -2.62. The average molecular weight is 447 g/mol. The third kappa shape index (κ3) is 4.39. The Morgan fingerprint density at radius 3 is 2.52 bits per heavy atom. The maximum absolute atomic E-state index is 13.2. The number of para-hydroxylation sites is 1. The number of hydrogen-bond acceptors (Lipinski definition) is 6. The average Bonchev–Trinajstić information content (AvgIpc) is 3.16. The van der Waals surface area contributed by atoms with Gasteiger partial charge in [0, 0.05) is 19.6 Å². The van der Waals surface area contributed by atoms with Crippen LogP contribution < -0.4 is 9.47 Å². The third-order valence-electron chi connectivity index (χ3n) is 5.76. The lowest BCUT2D eigenvalue weighted by Gasteiger charge is -2.28. The van der Waals surface area contributed by atoms with E-state index < -0.39 is 16.1 Å². The van der Waals surface area contributed by atoms with E-state index in [1.165, 1.54) is 11.4 Å². The van der Waals surface area contributed by atoms with E-state index in [2.05, 4.69) is 0 Å². The molecule has 2 atom stereocenters. The van der Waals surface area contributed by atoms with Gasteiger partial charge in [0.05, 0.1) is 44.3 Å². The van der Waals surface area contributed by atoms with Gasteiger partial charge in [0.15, 0.2) is 0 Å². The molecule has 2 heterocycles. The molecular formula is C22H26N2O6S. The van der Waals surface area contributed by atoms with Crippen LogP contribution in [0.25, 0.3) is 0 Å². The van der Waals surface area contributed by atoms with Crippen LogP contribution in [0.15, 0.2) is 48.5 Å². The number of likely N-dealkylation sites (tertiary alicyclic amines) is 1. The molecule has 166 valence electrons. The van der Waals surface area contributed by atoms with Crippen molar-refractivity contribution in [1.82, 2.24) is 9.21 Å². The molecule has 31 heavy (non-hydrogen) atoms. The molecule has 0 unspecified atom stereocenters. The normalized spacial score (nSPS) is 23.1. The van der Waals surface area contributed by atoms with E-state index >= 15 is 0 Å². The first kappa shape index (κ1) is 21.6. The highest BCUT2D eigenvalue weighted by Gasteiger charge is 2.46. The molecular weight excluding hydrogens is 420 g/mol. The SMILES string of the molecule is COc1ccc(CN2[C@@H]3CN(C(=O)c4ccccc4OC)C[C@@H]3OCCS2(=O)=O)cc1. The number of amides is 1. The van der Waals surface area contributed by atoms with Crippen molar-refractivity contribution in [3.8, 4) is 11.5 Å². The molecule has 2 aliphatic heterocycles. The summed E-state index contributed by atoms with van der Waals surface area (Å²) in [7, 11) is -0.435. The third-order valence-corrected chi connectivity index (χ3v) is 7.56. The van der Waals surface area contributed by atoms with Gasteiger partial charge in [0.25, 0.3) is 5.91 Å². The highest BCUT2D eigenvalue weighted by atomic mass is 32.2. The fraction of sp³-hybridized carbons (Fsp3) is 0.409. The van der Waals surface area contributed by atoms with Crippen LogP contribution in [0, 0.1) is 0 Å². The molecule has 0 radical (unpaired) electrons. The summed E-state index contributed by atoms with van der Waals surface area (Å²) in [6.07, 6.45) is -0.380. The summed E-state index contributed by atoms with van der Waals surface area (Å²) in [5.41, 5.74) is 1.30. The summed E-state index contributed by atoms with van der Waals surface area (Å²) in [6, 6.07) is 13.9. The van der Waals surface area contributed by atoms with E-state index in [4.69, 9.17) is 14.2 Å². The van der Waals surface area contributed by atoms with E-state index in [9.17, 15) is 13.2 Å². The number of benzene rings is 2. The first-order valence-corrected chi connectivity index (χ1v) is 11.7. The van der Waals surface area contributed by atoms with Gasteiger partial charge in [0.1, 0.15) is 11.5 Å². The molecule has 0 bridgehead atoms. The van der Waals surface area contributed by atoms with Crippen LogP contribution in [0.4, 0.5) is 0 Å². The van der Waals surface area contributed by atoms with Crippen molar-refractivity contribution in [3.63, 3.8) is 0 Å². The number of carbonyl (C=O) groups is 1. The fourth-order valence-corrected chi connectivity index (χ4v) is 5.61. The molecule has 4 rings (SSSR count). The maximum atomic E-state index is 13.2. The van der Waals surface area contributed by atoms with Crippen molar-refractivity contribution >= 4 is 15.9 Å². The molecule has 2 aromatic carbocycles. The van der Waals surface area contributed by atoms with Gasteiger partial charge >= 0.3 is 0 Å². The number of rotatable bonds is 5. The highest BCUT2D eigenvalue weighted by molar-refractivity contribution is 7.89. The summed E-state index contributed by atoms with van der Waals surface area (Å²) in [5.74, 6) is 0.925. The predicted molar refractivity (Wildman–Crippen MR) is 115 cm³/mol. The molecule has 9 heteroatoms. The van der Waals surface area contributed by atoms with Crippen LogP contribution in [0.1, 0.15) is 15.9 Å². The molecule has 0 spiro atoms. The maximum Gasteiger partial charge on any atom is 0.257 e. The standard InChI is InChI=1S/C22H26N2O6S/c1-28-17-9-7-16(8-10-17)13-24-19-14-23(15-21(19)30-11-12-31(24,26)27)22(25)18-5-3-4-6-20(18)29-2/h3-10,19,21H,11-15H2,1-2H3/t19-,21+/m1/s1. The summed E-state index contributed by atoms with van der Waals surface area (Å²) < 4.78 is 43.9. The molecule has 0 aromatic heterocycles. The van der Waals surface area contributed by atoms with Crippen molar-refractivity contribution < 1.29 is 27.4 Å². The van der Waals surface area contributed by atoms with E-state index in [1.54, 1.807) is 48.4 Å². The van der Waals surface area contributed by atoms with Crippen LogP contribution in [-0.4, -0.2) is 75.3 Å². The van der Waals surface area contributed by atoms with Crippen molar-refractivity contribution in [2.75, 3.05) is 39.7 Å². The van der Waals surface area contributed by atoms with Crippen molar-refractivity contribution in [2.45, 2.75) is 18.7 Å². The van der Waals surface area contributed by atoms with Crippen molar-refractivity contribution in [1.29, 1.82) is 0 Å². The number of sulfonamides is 1. The van der Waals surface area contributed by atoms with Crippen LogP contribution in [0.2, 0.25) is 0 Å². The Balaban J connectivity index is 1.59. The van der Waals surface area contributed by atoms with Gasteiger partial charge in [-0.25, -0.2) is 8.42 Å². The first-order valence-electron chi connectivity index (χ1n) is 10.1. The molecule has 2 aromatic rings. The molecule has 2 fully saturated rings. The Morgan fingerprint density at radius 1 is 1.06 bits per heavy atom.